The topological polar surface area (TPSA) is 306 Å². The summed E-state index contributed by atoms with van der Waals surface area (Å²) in [6.07, 6.45) is -2.60. The number of benzene rings is 6. The number of alkyl halides is 2. The van der Waals surface area contributed by atoms with Gasteiger partial charge in [0.2, 0.25) is 0 Å². The van der Waals surface area contributed by atoms with Crippen molar-refractivity contribution in [1.82, 2.24) is 14.7 Å². The van der Waals surface area contributed by atoms with Crippen molar-refractivity contribution in [2.75, 3.05) is 39.3 Å². The fourth-order valence-electron chi connectivity index (χ4n) is 12.1. The van der Waals surface area contributed by atoms with E-state index in [2.05, 4.69) is 0 Å². The SMILES string of the molecule is CC(C)(C)OC(=O)N1CCC(C(=O)c2cc(F)c(C(=O)c3ccc(Cl)cc3)c(C(=O)O)c2)CC1.CC(C)(C)OC(=O)N1CCC(F)(C(=O)c2cc(F)c(C(=O)c3ccc(Cl)cc3)c(C(=O)O)c2)CC1.CCC(O)(c1cc(F)c(C(=O)c2ccc(Cl)cc2)c(C(=O)O)c1)C1(F)CCN(C(=O)OC(C)(C)C)CC1. The third kappa shape index (κ3) is 20.3. The Morgan fingerprint density at radius 3 is 1.08 bits per heavy atom. The third-order valence-electron chi connectivity index (χ3n) is 17.6. The molecule has 3 saturated heterocycles. The highest BCUT2D eigenvalue weighted by Gasteiger charge is 2.54. The molecule has 0 saturated carbocycles. The molecule has 1 unspecified atom stereocenters. The fraction of sp³-hybridized carbons (Fsp3) is 0.390. The van der Waals surface area contributed by atoms with Gasteiger partial charge in [0.25, 0.3) is 0 Å². The van der Waals surface area contributed by atoms with Gasteiger partial charge in [0, 0.05) is 114 Å². The highest BCUT2D eigenvalue weighted by atomic mass is 35.5. The van der Waals surface area contributed by atoms with Gasteiger partial charge in [-0.3, -0.25) is 24.0 Å². The Balaban J connectivity index is 0.000000222. The van der Waals surface area contributed by atoms with Crippen LogP contribution in [0.25, 0.3) is 0 Å². The zero-order chi connectivity index (χ0) is 79.1. The van der Waals surface area contributed by atoms with E-state index in [0.717, 1.165) is 30.3 Å². The predicted octanol–water partition coefficient (Wildman–Crippen LogP) is 16.3. The van der Waals surface area contributed by atoms with E-state index in [1.165, 1.54) is 94.4 Å². The molecule has 3 aliphatic rings. The number of carbonyl (C=O) groups excluding carboxylic acids is 8. The van der Waals surface area contributed by atoms with Gasteiger partial charge in [-0.05, 0) is 196 Å². The number of likely N-dealkylation sites (tertiary alicyclic amines) is 3. The van der Waals surface area contributed by atoms with Crippen molar-refractivity contribution in [3.63, 3.8) is 0 Å². The Labute approximate surface area is 622 Å². The number of ether oxygens (including phenoxy) is 3. The summed E-state index contributed by atoms with van der Waals surface area (Å²) >= 11 is 17.4. The van der Waals surface area contributed by atoms with E-state index in [1.54, 1.807) is 62.3 Å². The summed E-state index contributed by atoms with van der Waals surface area (Å²) in [5.74, 6) is -13.0. The molecule has 21 nitrogen and oxygen atoms in total. The molecule has 3 heterocycles. The van der Waals surface area contributed by atoms with Crippen LogP contribution >= 0.6 is 34.8 Å². The number of hydrogen-bond donors (Lipinski definition) is 4. The van der Waals surface area contributed by atoms with Gasteiger partial charge in [0.05, 0.1) is 33.4 Å². The minimum Gasteiger partial charge on any atom is -0.478 e. The van der Waals surface area contributed by atoms with E-state index < -0.39 is 161 Å². The van der Waals surface area contributed by atoms with Crippen molar-refractivity contribution in [3.8, 4) is 0 Å². The lowest BCUT2D eigenvalue weighted by Gasteiger charge is -2.46. The molecule has 3 aliphatic heterocycles. The smallest absolute Gasteiger partial charge is 0.410 e. The second-order valence-electron chi connectivity index (χ2n) is 28.6. The van der Waals surface area contributed by atoms with Crippen LogP contribution in [0.2, 0.25) is 15.1 Å². The number of carboxylic acid groups (broad SMARTS) is 3. The summed E-state index contributed by atoms with van der Waals surface area (Å²) in [6, 6.07) is 21.7. The number of hydrogen-bond acceptors (Lipinski definition) is 15. The first-order valence-electron chi connectivity index (χ1n) is 33.5. The van der Waals surface area contributed by atoms with Gasteiger partial charge in [0.1, 0.15) is 45.5 Å². The monoisotopic (exact) mass is 1530 g/mol. The number of amides is 3. The Morgan fingerprint density at radius 2 is 0.745 bits per heavy atom. The second kappa shape index (κ2) is 33.4. The summed E-state index contributed by atoms with van der Waals surface area (Å²) in [7, 11) is 0. The minimum atomic E-state index is -2.44. The van der Waals surface area contributed by atoms with Crippen LogP contribution in [0.1, 0.15) is 219 Å². The third-order valence-corrected chi connectivity index (χ3v) is 18.3. The van der Waals surface area contributed by atoms with Gasteiger partial charge in [0.15, 0.2) is 34.6 Å². The highest BCUT2D eigenvalue weighted by molar-refractivity contribution is 6.31. The molecule has 3 amide bonds. The number of ketones is 5. The minimum absolute atomic E-state index is 0.00801. The number of piperidine rings is 3. The summed E-state index contributed by atoms with van der Waals surface area (Å²) in [6.45, 7) is 17.2. The van der Waals surface area contributed by atoms with Crippen LogP contribution in [0.5, 0.6) is 0 Å². The van der Waals surface area contributed by atoms with Gasteiger partial charge >= 0.3 is 36.2 Å². The normalized spacial score (nSPS) is 15.7. The highest BCUT2D eigenvalue weighted by Crippen LogP contribution is 2.47. The first-order valence-corrected chi connectivity index (χ1v) is 34.6. The van der Waals surface area contributed by atoms with Gasteiger partial charge in [-0.15, -0.1) is 0 Å². The van der Waals surface area contributed by atoms with Crippen LogP contribution in [-0.4, -0.2) is 168 Å². The van der Waals surface area contributed by atoms with Gasteiger partial charge in [-0.25, -0.2) is 50.7 Å². The predicted molar refractivity (Wildman–Crippen MR) is 380 cm³/mol. The molecule has 0 aliphatic carbocycles. The number of nitrogens with zero attached hydrogens (tertiary/aromatic N) is 3. The van der Waals surface area contributed by atoms with Crippen LogP contribution in [0.3, 0.4) is 0 Å². The van der Waals surface area contributed by atoms with Crippen molar-refractivity contribution >= 4 is 99.9 Å². The Bertz CT molecular complexity index is 4400. The number of carbonyl (C=O) groups is 11. The molecule has 0 aromatic heterocycles. The zero-order valence-corrected chi connectivity index (χ0v) is 61.8. The van der Waals surface area contributed by atoms with E-state index in [4.69, 9.17) is 49.0 Å². The Morgan fingerprint density at radius 1 is 0.443 bits per heavy atom. The molecule has 6 aromatic rings. The number of carboxylic acids is 3. The van der Waals surface area contributed by atoms with Crippen LogP contribution in [0, 0.1) is 23.4 Å². The number of aliphatic hydroxyl groups is 1. The van der Waals surface area contributed by atoms with E-state index in [1.807, 2.05) is 0 Å². The zero-order valence-electron chi connectivity index (χ0n) is 59.5. The molecule has 0 spiro atoms. The molecule has 4 N–H and O–H groups in total. The molecule has 29 heteroatoms. The maximum absolute atomic E-state index is 16.3. The lowest BCUT2D eigenvalue weighted by Crippen LogP contribution is -2.56. The molecule has 0 radical (unpaired) electrons. The first kappa shape index (κ1) is 83.6. The van der Waals surface area contributed by atoms with Gasteiger partial charge in [-0.2, -0.15) is 0 Å². The van der Waals surface area contributed by atoms with Crippen molar-refractivity contribution in [2.24, 2.45) is 5.92 Å². The standard InChI is InChI=1S/C27H30ClF2NO6.C25H24ClF2NO6.C25H25ClFNO6/c1-5-27(36,26(30)10-12-31(13-11-26)24(35)37-25(2,3)4)17-14-19(23(33)34)21(20(29)15-17)22(32)16-6-8-18(28)9-7-16;1-24(2,3)35-23(34)29-10-8-25(28,9-11-29)21(31)15-12-17(22(32)33)19(18(27)13-15)20(30)14-4-6-16(26)7-5-14;1-25(2,3)34-24(33)28-10-8-15(9-11-28)21(29)16-12-18(23(31)32)20(19(27)13-16)22(30)14-4-6-17(26)7-5-14/h6-9,14-15,36H,5,10-13H2,1-4H3,(H,33,34);4-7,12-13H,8-11H2,1-3H3,(H,32,33);4-7,12-13,15H,8-11H2,1-3H3,(H,31,32). The number of Topliss-reactive ketones (excluding diaryl/α,β-unsaturated/α-hetero) is 2. The van der Waals surface area contributed by atoms with Crippen LogP contribution in [0.15, 0.2) is 109 Å². The van der Waals surface area contributed by atoms with Crippen molar-refractivity contribution in [1.29, 1.82) is 0 Å². The maximum Gasteiger partial charge on any atom is 0.410 e. The van der Waals surface area contributed by atoms with E-state index in [-0.39, 0.29) is 99.2 Å². The molecule has 9 rings (SSSR count). The molecular formula is C77H79Cl3F5N3O18. The fourth-order valence-corrected chi connectivity index (χ4v) is 12.5. The van der Waals surface area contributed by atoms with Crippen LogP contribution in [-0.2, 0) is 19.8 Å². The summed E-state index contributed by atoms with van der Waals surface area (Å²) in [4.78, 5) is 141. The average molecular weight is 1540 g/mol. The average Bonchev–Trinajstić information content (AvgIpc) is 0.762. The molecule has 566 valence electrons. The van der Waals surface area contributed by atoms with Crippen LogP contribution in [0.4, 0.5) is 36.3 Å². The molecule has 3 fully saturated rings. The number of halogens is 8. The Kier molecular flexibility index (Phi) is 26.4. The van der Waals surface area contributed by atoms with Crippen LogP contribution < -0.4 is 0 Å². The first-order chi connectivity index (χ1) is 49.2. The van der Waals surface area contributed by atoms with Crippen molar-refractivity contribution in [2.45, 2.75) is 148 Å². The Hall–Kier alpha value is -9.63. The molecule has 0 bridgehead atoms. The number of rotatable bonds is 16. The summed E-state index contributed by atoms with van der Waals surface area (Å²) in [5, 5.41) is 41.6. The lowest BCUT2D eigenvalue weighted by atomic mass is 9.71. The summed E-state index contributed by atoms with van der Waals surface area (Å²) in [5.41, 5.74) is -14.1. The van der Waals surface area contributed by atoms with Crippen molar-refractivity contribution < 1.29 is 109 Å². The molecular weight excluding hydrogens is 1460 g/mol. The van der Waals surface area contributed by atoms with E-state index >= 15 is 22.0 Å². The van der Waals surface area contributed by atoms with Crippen molar-refractivity contribution in [3.05, 3.63) is 208 Å². The van der Waals surface area contributed by atoms with Gasteiger partial charge in [-0.1, -0.05) is 41.7 Å². The van der Waals surface area contributed by atoms with Gasteiger partial charge < -0.3 is 49.3 Å². The lowest BCUT2D eigenvalue weighted by molar-refractivity contribution is -0.137. The molecule has 6 aromatic carbocycles. The quantitative estimate of drug-likeness (QED) is 0.0397. The number of aromatic carboxylic acids is 3. The maximum atomic E-state index is 16.3. The second-order valence-corrected chi connectivity index (χ2v) is 29.9. The van der Waals surface area contributed by atoms with E-state index in [9.17, 15) is 73.2 Å². The molecule has 1 atom stereocenters. The van der Waals surface area contributed by atoms with E-state index in [0.29, 0.717) is 34.0 Å². The molecule has 106 heavy (non-hydrogen) atoms. The largest absolute Gasteiger partial charge is 0.478 e. The summed E-state index contributed by atoms with van der Waals surface area (Å²) < 4.78 is 93.2.